The molecule has 0 fully saturated rings. The number of benzene rings is 1. The Morgan fingerprint density at radius 2 is 1.92 bits per heavy atom. The topological polar surface area (TPSA) is 88.4 Å². The van der Waals surface area contributed by atoms with Crippen molar-refractivity contribution < 1.29 is 8.42 Å². The molecule has 2 aromatic rings. The molecular formula is C16H23N5O2S. The number of sulfone groups is 1. The van der Waals surface area contributed by atoms with E-state index >= 15 is 0 Å². The van der Waals surface area contributed by atoms with Crippen LogP contribution in [0.2, 0.25) is 0 Å². The zero-order valence-electron chi connectivity index (χ0n) is 14.2. The summed E-state index contributed by atoms with van der Waals surface area (Å²) in [6.07, 6.45) is 5.74. The molecule has 8 heteroatoms. The molecule has 1 aromatic carbocycles. The monoisotopic (exact) mass is 349 g/mol. The molecule has 0 bridgehead atoms. The van der Waals surface area contributed by atoms with Gasteiger partial charge in [-0.1, -0.05) is 12.1 Å². The van der Waals surface area contributed by atoms with Crippen LogP contribution in [0, 0.1) is 0 Å². The Kier molecular flexibility index (Phi) is 5.97. The predicted molar refractivity (Wildman–Crippen MR) is 94.7 cm³/mol. The zero-order chi connectivity index (χ0) is 17.6. The summed E-state index contributed by atoms with van der Waals surface area (Å²) in [4.78, 5) is 4.52. The first-order valence-corrected chi connectivity index (χ1v) is 9.48. The number of aryl methyl sites for hydroxylation is 1. The molecular weight excluding hydrogens is 326 g/mol. The second-order valence-corrected chi connectivity index (χ2v) is 7.56. The summed E-state index contributed by atoms with van der Waals surface area (Å²) in [5.74, 6) is 0.714. The largest absolute Gasteiger partial charge is 0.356 e. The van der Waals surface area contributed by atoms with Crippen molar-refractivity contribution in [1.82, 2.24) is 20.4 Å². The third kappa shape index (κ3) is 5.38. The summed E-state index contributed by atoms with van der Waals surface area (Å²) in [5.41, 5.74) is 2.15. The fourth-order valence-corrected chi connectivity index (χ4v) is 2.83. The van der Waals surface area contributed by atoms with Gasteiger partial charge in [0.05, 0.1) is 11.1 Å². The first-order valence-electron chi connectivity index (χ1n) is 7.59. The van der Waals surface area contributed by atoms with Crippen LogP contribution in [0.3, 0.4) is 0 Å². The van der Waals surface area contributed by atoms with Crippen molar-refractivity contribution in [3.63, 3.8) is 0 Å². The number of nitrogens with zero attached hydrogens (tertiary/aromatic N) is 3. The maximum atomic E-state index is 11.4. The van der Waals surface area contributed by atoms with E-state index in [1.807, 2.05) is 31.6 Å². The second kappa shape index (κ2) is 7.96. The average Bonchev–Trinajstić information content (AvgIpc) is 2.96. The van der Waals surface area contributed by atoms with Crippen molar-refractivity contribution in [2.75, 3.05) is 19.8 Å². The number of nitrogens with one attached hydrogen (secondary N) is 2. The zero-order valence-corrected chi connectivity index (χ0v) is 15.0. The van der Waals surface area contributed by atoms with Crippen LogP contribution >= 0.6 is 0 Å². The van der Waals surface area contributed by atoms with E-state index in [-0.39, 0.29) is 0 Å². The first kappa shape index (κ1) is 18.0. The van der Waals surface area contributed by atoms with Gasteiger partial charge in [0.25, 0.3) is 0 Å². The van der Waals surface area contributed by atoms with Crippen LogP contribution in [0.15, 0.2) is 46.5 Å². The van der Waals surface area contributed by atoms with E-state index in [0.717, 1.165) is 17.5 Å². The Morgan fingerprint density at radius 3 is 2.46 bits per heavy atom. The molecule has 2 N–H and O–H groups in total. The second-order valence-electron chi connectivity index (χ2n) is 5.54. The molecule has 1 heterocycles. The SMILES string of the molecule is CN=C(NCCc1ccc(S(C)(=O)=O)cc1)NCc1cnn(C)c1. The van der Waals surface area contributed by atoms with Crippen LogP contribution in [-0.2, 0) is 29.9 Å². The number of aliphatic imine (C=N–C) groups is 1. The molecule has 7 nitrogen and oxygen atoms in total. The maximum absolute atomic E-state index is 11.4. The summed E-state index contributed by atoms with van der Waals surface area (Å²) >= 11 is 0. The van der Waals surface area contributed by atoms with Gasteiger partial charge in [-0.3, -0.25) is 9.67 Å². The van der Waals surface area contributed by atoms with E-state index in [9.17, 15) is 8.42 Å². The summed E-state index contributed by atoms with van der Waals surface area (Å²) in [6.45, 7) is 1.35. The van der Waals surface area contributed by atoms with Gasteiger partial charge in [0, 0.05) is 45.2 Å². The Balaban J connectivity index is 1.79. The molecule has 24 heavy (non-hydrogen) atoms. The molecule has 0 aliphatic rings. The minimum absolute atomic E-state index is 0.341. The van der Waals surface area contributed by atoms with Crippen molar-refractivity contribution in [3.05, 3.63) is 47.8 Å². The van der Waals surface area contributed by atoms with Gasteiger partial charge >= 0.3 is 0 Å². The van der Waals surface area contributed by atoms with Crippen molar-refractivity contribution in [3.8, 4) is 0 Å². The molecule has 0 aliphatic carbocycles. The van der Waals surface area contributed by atoms with Crippen LogP contribution < -0.4 is 10.6 Å². The highest BCUT2D eigenvalue weighted by Crippen LogP contribution is 2.10. The lowest BCUT2D eigenvalue weighted by atomic mass is 10.1. The van der Waals surface area contributed by atoms with Crippen molar-refractivity contribution in [2.45, 2.75) is 17.9 Å². The molecule has 1 aromatic heterocycles. The number of hydrogen-bond acceptors (Lipinski definition) is 4. The van der Waals surface area contributed by atoms with Crippen LogP contribution in [0.1, 0.15) is 11.1 Å². The average molecular weight is 349 g/mol. The van der Waals surface area contributed by atoms with Gasteiger partial charge in [-0.05, 0) is 24.1 Å². The van der Waals surface area contributed by atoms with E-state index in [0.29, 0.717) is 23.9 Å². The lowest BCUT2D eigenvalue weighted by Gasteiger charge is -2.11. The van der Waals surface area contributed by atoms with E-state index in [2.05, 4.69) is 20.7 Å². The van der Waals surface area contributed by atoms with Crippen LogP contribution in [-0.4, -0.2) is 44.0 Å². The summed E-state index contributed by atoms with van der Waals surface area (Å²) in [5, 5.41) is 10.6. The van der Waals surface area contributed by atoms with Crippen molar-refractivity contribution in [1.29, 1.82) is 0 Å². The highest BCUT2D eigenvalue weighted by molar-refractivity contribution is 7.90. The molecule has 0 atom stereocenters. The van der Waals surface area contributed by atoms with Gasteiger partial charge in [0.1, 0.15) is 0 Å². The summed E-state index contributed by atoms with van der Waals surface area (Å²) in [7, 11) is 0.461. The van der Waals surface area contributed by atoms with E-state index < -0.39 is 9.84 Å². The van der Waals surface area contributed by atoms with Crippen LogP contribution in [0.4, 0.5) is 0 Å². The maximum Gasteiger partial charge on any atom is 0.191 e. The quantitative estimate of drug-likeness (QED) is 0.593. The van der Waals surface area contributed by atoms with E-state index in [4.69, 9.17) is 0 Å². The molecule has 0 aliphatic heterocycles. The van der Waals surface area contributed by atoms with Gasteiger partial charge in [-0.25, -0.2) is 8.42 Å². The standard InChI is InChI=1S/C16H23N5O2S/c1-17-16(19-10-14-11-20-21(2)12-14)18-9-8-13-4-6-15(7-5-13)24(3,22)23/h4-7,11-12H,8-10H2,1-3H3,(H2,17,18,19). The Morgan fingerprint density at radius 1 is 1.21 bits per heavy atom. The fraction of sp³-hybridized carbons (Fsp3) is 0.375. The lowest BCUT2D eigenvalue weighted by Crippen LogP contribution is -2.37. The van der Waals surface area contributed by atoms with Gasteiger partial charge in [0.2, 0.25) is 0 Å². The Hall–Kier alpha value is -2.35. The minimum Gasteiger partial charge on any atom is -0.356 e. The van der Waals surface area contributed by atoms with E-state index in [1.165, 1.54) is 6.26 Å². The predicted octanol–water partition coefficient (Wildman–Crippen LogP) is 0.731. The van der Waals surface area contributed by atoms with Crippen LogP contribution in [0.5, 0.6) is 0 Å². The molecule has 130 valence electrons. The molecule has 2 rings (SSSR count). The molecule has 0 radical (unpaired) electrons. The van der Waals surface area contributed by atoms with Gasteiger partial charge in [-0.2, -0.15) is 5.10 Å². The van der Waals surface area contributed by atoms with Gasteiger partial charge in [0.15, 0.2) is 15.8 Å². The number of guanidine groups is 1. The Bertz CT molecular complexity index is 794. The Labute approximate surface area is 142 Å². The van der Waals surface area contributed by atoms with Crippen molar-refractivity contribution >= 4 is 15.8 Å². The summed E-state index contributed by atoms with van der Waals surface area (Å²) < 4.78 is 24.6. The summed E-state index contributed by atoms with van der Waals surface area (Å²) in [6, 6.07) is 6.95. The van der Waals surface area contributed by atoms with Gasteiger partial charge < -0.3 is 10.6 Å². The normalized spacial score (nSPS) is 12.2. The molecule has 0 saturated carbocycles. The molecule has 0 saturated heterocycles. The molecule has 0 spiro atoms. The fourth-order valence-electron chi connectivity index (χ4n) is 2.20. The van der Waals surface area contributed by atoms with Crippen molar-refractivity contribution in [2.24, 2.45) is 12.0 Å². The first-order chi connectivity index (χ1) is 11.4. The number of rotatable bonds is 6. The number of hydrogen-bond donors (Lipinski definition) is 2. The molecule has 0 unspecified atom stereocenters. The minimum atomic E-state index is -3.14. The lowest BCUT2D eigenvalue weighted by molar-refractivity contribution is 0.602. The smallest absolute Gasteiger partial charge is 0.191 e. The van der Waals surface area contributed by atoms with Crippen LogP contribution in [0.25, 0.3) is 0 Å². The molecule has 0 amide bonds. The third-order valence-electron chi connectivity index (χ3n) is 3.50. The van der Waals surface area contributed by atoms with Gasteiger partial charge in [-0.15, -0.1) is 0 Å². The van der Waals surface area contributed by atoms with E-state index in [1.54, 1.807) is 23.9 Å². The highest BCUT2D eigenvalue weighted by atomic mass is 32.2. The number of aromatic nitrogens is 2. The highest BCUT2D eigenvalue weighted by Gasteiger charge is 2.06. The third-order valence-corrected chi connectivity index (χ3v) is 4.63.